The minimum atomic E-state index is -4.44. The molecular formula is C18H13F4N5O4S. The predicted molar refractivity (Wildman–Crippen MR) is 104 cm³/mol. The summed E-state index contributed by atoms with van der Waals surface area (Å²) < 4.78 is 56.7. The number of nitrogens with zero attached hydrogens (tertiary/aromatic N) is 5. The van der Waals surface area contributed by atoms with Crippen molar-refractivity contribution in [3.8, 4) is 5.13 Å². The molecule has 1 aliphatic heterocycles. The lowest BCUT2D eigenvalue weighted by atomic mass is 9.92. The number of rotatable bonds is 6. The number of alkyl halides is 3. The van der Waals surface area contributed by atoms with Crippen molar-refractivity contribution in [2.24, 2.45) is 5.92 Å². The average molecular weight is 471 g/mol. The summed E-state index contributed by atoms with van der Waals surface area (Å²) in [7, 11) is 0. The van der Waals surface area contributed by atoms with Gasteiger partial charge in [-0.15, -0.1) is 0 Å². The summed E-state index contributed by atoms with van der Waals surface area (Å²) in [6.45, 7) is -0.0509. The highest BCUT2D eigenvalue weighted by atomic mass is 32.1. The number of fused-ring (bicyclic) bond motifs is 1. The van der Waals surface area contributed by atoms with Crippen LogP contribution in [0.3, 0.4) is 0 Å². The Morgan fingerprint density at radius 3 is 2.59 bits per heavy atom. The van der Waals surface area contributed by atoms with E-state index >= 15 is 0 Å². The maximum Gasteiger partial charge on any atom is 0.389 e. The number of carbonyl (C=O) groups excluding carboxylic acids is 1. The monoisotopic (exact) mass is 471 g/mol. The molecule has 14 heteroatoms. The largest absolute Gasteiger partial charge is 0.477 e. The molecule has 3 aromatic rings. The molecule has 32 heavy (non-hydrogen) atoms. The zero-order valence-corrected chi connectivity index (χ0v) is 16.8. The van der Waals surface area contributed by atoms with Gasteiger partial charge in [-0.05, 0) is 6.07 Å². The number of carboxylic acid groups (broad SMARTS) is 1. The van der Waals surface area contributed by atoms with Crippen molar-refractivity contribution in [1.82, 2.24) is 18.9 Å². The van der Waals surface area contributed by atoms with Crippen molar-refractivity contribution < 1.29 is 32.3 Å². The summed E-state index contributed by atoms with van der Waals surface area (Å²) in [6, 6.07) is 0.850. The Morgan fingerprint density at radius 2 is 2.00 bits per heavy atom. The number of aromatic nitrogens is 4. The summed E-state index contributed by atoms with van der Waals surface area (Å²) >= 11 is 0.890. The number of carbonyl (C=O) groups is 2. The molecule has 4 heterocycles. The Balaban J connectivity index is 1.68. The van der Waals surface area contributed by atoms with Crippen LogP contribution in [0.5, 0.6) is 0 Å². The topological polar surface area (TPSA) is 118 Å². The normalized spacial score (nSPS) is 14.6. The highest BCUT2D eigenvalue weighted by Gasteiger charge is 2.37. The van der Waals surface area contributed by atoms with Crippen molar-refractivity contribution >= 4 is 40.1 Å². The van der Waals surface area contributed by atoms with E-state index in [0.717, 1.165) is 23.8 Å². The molecule has 168 valence electrons. The number of Topliss-reactive ketones (excluding diaryl/α,β-unsaturated/α-hetero) is 1. The fourth-order valence-corrected chi connectivity index (χ4v) is 3.84. The fourth-order valence-electron chi connectivity index (χ4n) is 3.33. The first kappa shape index (κ1) is 21.8. The minimum Gasteiger partial charge on any atom is -0.477 e. The van der Waals surface area contributed by atoms with Gasteiger partial charge < -0.3 is 10.0 Å². The molecule has 0 bridgehead atoms. The highest BCUT2D eigenvalue weighted by molar-refractivity contribution is 7.08. The number of ketones is 1. The lowest BCUT2D eigenvalue weighted by Gasteiger charge is -2.39. The van der Waals surface area contributed by atoms with E-state index < -0.39 is 53.5 Å². The van der Waals surface area contributed by atoms with Gasteiger partial charge in [-0.25, -0.2) is 19.2 Å². The summed E-state index contributed by atoms with van der Waals surface area (Å²) in [4.78, 5) is 45.4. The highest BCUT2D eigenvalue weighted by Crippen LogP contribution is 2.31. The number of carboxylic acids is 1. The first-order chi connectivity index (χ1) is 15.0. The first-order valence-electron chi connectivity index (χ1n) is 9.16. The molecule has 0 unspecified atom stereocenters. The zero-order chi connectivity index (χ0) is 23.2. The van der Waals surface area contributed by atoms with Crippen LogP contribution in [0.2, 0.25) is 0 Å². The Kier molecular flexibility index (Phi) is 5.40. The van der Waals surface area contributed by atoms with E-state index in [1.807, 2.05) is 0 Å². The third kappa shape index (κ3) is 4.04. The summed E-state index contributed by atoms with van der Waals surface area (Å²) in [5.74, 6) is -3.91. The van der Waals surface area contributed by atoms with Gasteiger partial charge in [0, 0.05) is 37.2 Å². The van der Waals surface area contributed by atoms with Gasteiger partial charge in [-0.3, -0.25) is 14.2 Å². The second-order valence-electron chi connectivity index (χ2n) is 7.12. The molecule has 3 aromatic heterocycles. The molecule has 1 N–H and O–H groups in total. The molecule has 0 saturated carbocycles. The predicted octanol–water partition coefficient (Wildman–Crippen LogP) is 2.42. The van der Waals surface area contributed by atoms with Crippen LogP contribution in [-0.2, 0) is 4.79 Å². The quantitative estimate of drug-likeness (QED) is 0.545. The number of hydrogen-bond acceptors (Lipinski definition) is 8. The number of aromatic carboxylic acids is 1. The molecule has 1 aliphatic rings. The van der Waals surface area contributed by atoms with E-state index in [9.17, 15) is 37.1 Å². The van der Waals surface area contributed by atoms with Crippen LogP contribution >= 0.6 is 11.5 Å². The molecule has 0 radical (unpaired) electrons. The van der Waals surface area contributed by atoms with Crippen molar-refractivity contribution in [3.63, 3.8) is 0 Å². The standard InChI is InChI=1S/C18H13F4N5O4S/c19-11-3-9-13(29)10(16(30)31)6-27(17-23-7-24-32-17)14(9)25-15(11)26-4-8(5-26)12(28)1-2-18(20,21)22/h3,6-8H,1-2,4-5H2,(H,30,31). The van der Waals surface area contributed by atoms with E-state index in [2.05, 4.69) is 14.3 Å². The Hall–Kier alpha value is -3.42. The fraction of sp³-hybridized carbons (Fsp3) is 0.333. The molecule has 9 nitrogen and oxygen atoms in total. The Bertz CT molecular complexity index is 1270. The van der Waals surface area contributed by atoms with Gasteiger partial charge in [0.25, 0.3) is 0 Å². The van der Waals surface area contributed by atoms with Crippen LogP contribution in [0.15, 0.2) is 23.4 Å². The van der Waals surface area contributed by atoms with Gasteiger partial charge >= 0.3 is 12.1 Å². The second kappa shape index (κ2) is 7.93. The van der Waals surface area contributed by atoms with Gasteiger partial charge in [0.05, 0.1) is 17.7 Å². The van der Waals surface area contributed by atoms with Gasteiger partial charge in [0.1, 0.15) is 17.7 Å². The Labute approximate surface area is 180 Å². The molecule has 0 amide bonds. The smallest absolute Gasteiger partial charge is 0.389 e. The maximum absolute atomic E-state index is 14.8. The van der Waals surface area contributed by atoms with Crippen molar-refractivity contribution in [2.45, 2.75) is 19.0 Å². The lowest BCUT2D eigenvalue weighted by Crippen LogP contribution is -2.51. The third-order valence-corrected chi connectivity index (χ3v) is 5.66. The summed E-state index contributed by atoms with van der Waals surface area (Å²) in [6.07, 6.45) is -4.08. The van der Waals surface area contributed by atoms with Crippen LogP contribution in [0.1, 0.15) is 23.2 Å². The Morgan fingerprint density at radius 1 is 1.28 bits per heavy atom. The van der Waals surface area contributed by atoms with E-state index in [0.29, 0.717) is 0 Å². The van der Waals surface area contributed by atoms with E-state index in [1.165, 1.54) is 15.8 Å². The molecule has 0 spiro atoms. The average Bonchev–Trinajstić information content (AvgIpc) is 3.20. The maximum atomic E-state index is 14.8. The SMILES string of the molecule is O=C(O)c1cn(-c2ncns2)c2nc(N3CC(C(=O)CCC(F)(F)F)C3)c(F)cc2c1=O. The van der Waals surface area contributed by atoms with Crippen LogP contribution < -0.4 is 10.3 Å². The molecule has 1 fully saturated rings. The zero-order valence-electron chi connectivity index (χ0n) is 16.0. The molecule has 0 aromatic carbocycles. The number of halogens is 4. The van der Waals surface area contributed by atoms with Gasteiger partial charge in [0.15, 0.2) is 17.3 Å². The molecular weight excluding hydrogens is 458 g/mol. The molecule has 1 saturated heterocycles. The van der Waals surface area contributed by atoms with Crippen molar-refractivity contribution in [3.05, 3.63) is 40.2 Å². The van der Waals surface area contributed by atoms with E-state index in [4.69, 9.17) is 0 Å². The van der Waals surface area contributed by atoms with Crippen LogP contribution in [0.4, 0.5) is 23.4 Å². The minimum absolute atomic E-state index is 0.0254. The molecule has 4 rings (SSSR count). The third-order valence-electron chi connectivity index (χ3n) is 4.99. The second-order valence-corrected chi connectivity index (χ2v) is 7.88. The number of pyridine rings is 2. The van der Waals surface area contributed by atoms with Gasteiger partial charge in [0.2, 0.25) is 10.6 Å². The van der Waals surface area contributed by atoms with Gasteiger partial charge in [-0.1, -0.05) is 0 Å². The number of hydrogen-bond donors (Lipinski definition) is 1. The molecule has 0 atom stereocenters. The van der Waals surface area contributed by atoms with Crippen LogP contribution in [-0.4, -0.2) is 55.0 Å². The summed E-state index contributed by atoms with van der Waals surface area (Å²) in [5, 5.41) is 9.21. The van der Waals surface area contributed by atoms with E-state index in [1.54, 1.807) is 0 Å². The van der Waals surface area contributed by atoms with E-state index in [-0.39, 0.29) is 35.1 Å². The number of anilines is 1. The lowest BCUT2D eigenvalue weighted by molar-refractivity contribution is -0.145. The van der Waals surface area contributed by atoms with Crippen molar-refractivity contribution in [1.29, 1.82) is 0 Å². The van der Waals surface area contributed by atoms with Gasteiger partial charge in [-0.2, -0.15) is 17.5 Å². The van der Waals surface area contributed by atoms with Crippen molar-refractivity contribution in [2.75, 3.05) is 18.0 Å². The van der Waals surface area contributed by atoms with Crippen LogP contribution in [0.25, 0.3) is 16.2 Å². The van der Waals surface area contributed by atoms with Crippen LogP contribution in [0, 0.1) is 11.7 Å². The first-order valence-corrected chi connectivity index (χ1v) is 9.93. The summed E-state index contributed by atoms with van der Waals surface area (Å²) in [5.41, 5.74) is -1.61. The molecule has 0 aliphatic carbocycles.